The van der Waals surface area contributed by atoms with Crippen molar-refractivity contribution in [3.05, 3.63) is 53.9 Å². The highest BCUT2D eigenvalue weighted by Crippen LogP contribution is 2.26. The molecule has 1 aromatic carbocycles. The number of nitrogens with zero attached hydrogens (tertiary/aromatic N) is 1. The maximum atomic E-state index is 6.00. The van der Waals surface area contributed by atoms with Crippen LogP contribution >= 0.6 is 0 Å². The zero-order valence-corrected chi connectivity index (χ0v) is 11.8. The van der Waals surface area contributed by atoms with Gasteiger partial charge in [-0.1, -0.05) is 19.1 Å². The second-order valence-corrected chi connectivity index (χ2v) is 5.24. The minimum atomic E-state index is 0.694. The Morgan fingerprint density at radius 2 is 2.20 bits per heavy atom. The molecule has 1 heterocycles. The predicted molar refractivity (Wildman–Crippen MR) is 80.0 cm³/mol. The first-order valence-electron chi connectivity index (χ1n) is 7.28. The molecule has 1 aliphatic carbocycles. The first-order chi connectivity index (χ1) is 9.85. The van der Waals surface area contributed by atoms with E-state index in [2.05, 4.69) is 29.4 Å². The van der Waals surface area contributed by atoms with Crippen LogP contribution in [0.25, 0.3) is 0 Å². The molecule has 104 valence electrons. The van der Waals surface area contributed by atoms with Gasteiger partial charge < -0.3 is 10.1 Å². The smallest absolute Gasteiger partial charge is 0.150 e. The van der Waals surface area contributed by atoms with Crippen molar-refractivity contribution in [3.63, 3.8) is 0 Å². The number of nitrogens with one attached hydrogen (secondary N) is 1. The van der Waals surface area contributed by atoms with Crippen molar-refractivity contribution in [2.45, 2.75) is 38.8 Å². The van der Waals surface area contributed by atoms with Crippen LogP contribution in [0.1, 0.15) is 30.9 Å². The van der Waals surface area contributed by atoms with Gasteiger partial charge in [0.1, 0.15) is 11.5 Å². The van der Waals surface area contributed by atoms with Crippen LogP contribution in [0.5, 0.6) is 11.5 Å². The number of benzene rings is 1. The van der Waals surface area contributed by atoms with E-state index in [4.69, 9.17) is 4.74 Å². The molecule has 1 aromatic heterocycles. The average Bonchev–Trinajstić information content (AvgIpc) is 3.31. The Kier molecular flexibility index (Phi) is 3.97. The first kappa shape index (κ1) is 13.1. The lowest BCUT2D eigenvalue weighted by molar-refractivity contribution is 0.469. The van der Waals surface area contributed by atoms with Crippen molar-refractivity contribution in [1.29, 1.82) is 0 Å². The number of hydrogen-bond donors (Lipinski definition) is 1. The van der Waals surface area contributed by atoms with Crippen LogP contribution in [-0.4, -0.2) is 11.0 Å². The molecule has 3 rings (SSSR count). The topological polar surface area (TPSA) is 34.1 Å². The predicted octanol–water partition coefficient (Wildman–Crippen LogP) is 3.69. The van der Waals surface area contributed by atoms with E-state index in [1.54, 1.807) is 6.20 Å². The monoisotopic (exact) mass is 268 g/mol. The normalized spacial score (nSPS) is 14.2. The SMILES string of the molecule is CCc1cccc(Oc2cnccc2CNC2CC2)c1. The molecule has 1 aliphatic rings. The Labute approximate surface area is 120 Å². The largest absolute Gasteiger partial charge is 0.455 e. The molecule has 20 heavy (non-hydrogen) atoms. The molecule has 2 aromatic rings. The van der Waals surface area contributed by atoms with Crippen molar-refractivity contribution in [2.75, 3.05) is 0 Å². The lowest BCUT2D eigenvalue weighted by atomic mass is 10.1. The van der Waals surface area contributed by atoms with Crippen molar-refractivity contribution in [1.82, 2.24) is 10.3 Å². The van der Waals surface area contributed by atoms with Gasteiger partial charge in [0.15, 0.2) is 0 Å². The van der Waals surface area contributed by atoms with Gasteiger partial charge in [-0.15, -0.1) is 0 Å². The third-order valence-corrected chi connectivity index (χ3v) is 3.56. The van der Waals surface area contributed by atoms with Crippen molar-refractivity contribution in [2.24, 2.45) is 0 Å². The molecule has 1 fully saturated rings. The highest BCUT2D eigenvalue weighted by atomic mass is 16.5. The van der Waals surface area contributed by atoms with Gasteiger partial charge in [-0.3, -0.25) is 4.98 Å². The molecule has 0 atom stereocenters. The molecule has 0 spiro atoms. The zero-order chi connectivity index (χ0) is 13.8. The van der Waals surface area contributed by atoms with E-state index in [0.717, 1.165) is 30.0 Å². The minimum absolute atomic E-state index is 0.694. The maximum absolute atomic E-state index is 6.00. The summed E-state index contributed by atoms with van der Waals surface area (Å²) in [4.78, 5) is 4.17. The lowest BCUT2D eigenvalue weighted by Crippen LogP contribution is -2.15. The highest BCUT2D eigenvalue weighted by Gasteiger charge is 2.20. The molecular weight excluding hydrogens is 248 g/mol. The standard InChI is InChI=1S/C17H20N2O/c1-2-13-4-3-5-16(10-13)20-17-12-18-9-8-14(17)11-19-15-6-7-15/h3-5,8-10,12,15,19H,2,6-7,11H2,1H3. The number of ether oxygens (including phenoxy) is 1. The van der Waals surface area contributed by atoms with Crippen LogP contribution in [0.4, 0.5) is 0 Å². The van der Waals surface area contributed by atoms with Crippen LogP contribution in [0.2, 0.25) is 0 Å². The summed E-state index contributed by atoms with van der Waals surface area (Å²) >= 11 is 0. The summed E-state index contributed by atoms with van der Waals surface area (Å²) in [5.74, 6) is 1.72. The third kappa shape index (κ3) is 3.36. The highest BCUT2D eigenvalue weighted by molar-refractivity contribution is 5.37. The summed E-state index contributed by atoms with van der Waals surface area (Å²) in [7, 11) is 0. The van der Waals surface area contributed by atoms with E-state index in [1.807, 2.05) is 24.4 Å². The number of aromatic nitrogens is 1. The Hall–Kier alpha value is -1.87. The van der Waals surface area contributed by atoms with Crippen LogP contribution in [0.3, 0.4) is 0 Å². The Bertz CT molecular complexity index is 579. The Morgan fingerprint density at radius 3 is 3.00 bits per heavy atom. The fraction of sp³-hybridized carbons (Fsp3) is 0.353. The second-order valence-electron chi connectivity index (χ2n) is 5.24. The van der Waals surface area contributed by atoms with Crippen molar-refractivity contribution in [3.8, 4) is 11.5 Å². The summed E-state index contributed by atoms with van der Waals surface area (Å²) in [5.41, 5.74) is 2.44. The summed E-state index contributed by atoms with van der Waals surface area (Å²) < 4.78 is 6.00. The number of rotatable bonds is 6. The van der Waals surface area contributed by atoms with Gasteiger partial charge in [-0.2, -0.15) is 0 Å². The van der Waals surface area contributed by atoms with E-state index >= 15 is 0 Å². The number of aryl methyl sites for hydroxylation is 1. The van der Waals surface area contributed by atoms with Gasteiger partial charge >= 0.3 is 0 Å². The van der Waals surface area contributed by atoms with Crippen LogP contribution in [0, 0.1) is 0 Å². The molecule has 0 bridgehead atoms. The van der Waals surface area contributed by atoms with Crippen molar-refractivity contribution >= 4 is 0 Å². The molecule has 3 nitrogen and oxygen atoms in total. The van der Waals surface area contributed by atoms with Gasteiger partial charge in [0.25, 0.3) is 0 Å². The molecule has 0 amide bonds. The molecule has 0 saturated heterocycles. The molecule has 0 aliphatic heterocycles. The lowest BCUT2D eigenvalue weighted by Gasteiger charge is -2.11. The van der Waals surface area contributed by atoms with E-state index in [0.29, 0.717) is 6.04 Å². The molecule has 0 radical (unpaired) electrons. The zero-order valence-electron chi connectivity index (χ0n) is 11.8. The molecular formula is C17H20N2O. The summed E-state index contributed by atoms with van der Waals surface area (Å²) in [6.07, 6.45) is 7.21. The van der Waals surface area contributed by atoms with Crippen LogP contribution < -0.4 is 10.1 Å². The second kappa shape index (κ2) is 6.06. The number of pyridine rings is 1. The van der Waals surface area contributed by atoms with Crippen LogP contribution in [-0.2, 0) is 13.0 Å². The molecule has 3 heteroatoms. The Morgan fingerprint density at radius 1 is 1.30 bits per heavy atom. The summed E-state index contributed by atoms with van der Waals surface area (Å²) in [6.45, 7) is 2.99. The number of hydrogen-bond acceptors (Lipinski definition) is 3. The summed E-state index contributed by atoms with van der Waals surface area (Å²) in [6, 6.07) is 10.9. The van der Waals surface area contributed by atoms with Gasteiger partial charge in [0.2, 0.25) is 0 Å². The fourth-order valence-corrected chi connectivity index (χ4v) is 2.14. The average molecular weight is 268 g/mol. The third-order valence-electron chi connectivity index (χ3n) is 3.56. The van der Waals surface area contributed by atoms with Gasteiger partial charge in [-0.05, 0) is 43.0 Å². The quantitative estimate of drug-likeness (QED) is 0.867. The van der Waals surface area contributed by atoms with Gasteiger partial charge in [0, 0.05) is 24.3 Å². The van der Waals surface area contributed by atoms with E-state index < -0.39 is 0 Å². The van der Waals surface area contributed by atoms with E-state index in [-0.39, 0.29) is 0 Å². The first-order valence-corrected chi connectivity index (χ1v) is 7.28. The maximum Gasteiger partial charge on any atom is 0.150 e. The van der Waals surface area contributed by atoms with E-state index in [9.17, 15) is 0 Å². The van der Waals surface area contributed by atoms with Crippen molar-refractivity contribution < 1.29 is 4.74 Å². The minimum Gasteiger partial charge on any atom is -0.455 e. The Balaban J connectivity index is 1.74. The van der Waals surface area contributed by atoms with E-state index in [1.165, 1.54) is 18.4 Å². The summed E-state index contributed by atoms with van der Waals surface area (Å²) in [5, 5.41) is 3.51. The fourth-order valence-electron chi connectivity index (χ4n) is 2.14. The molecule has 0 unspecified atom stereocenters. The van der Waals surface area contributed by atoms with Crippen LogP contribution in [0.15, 0.2) is 42.7 Å². The van der Waals surface area contributed by atoms with Gasteiger partial charge in [0.05, 0.1) is 6.20 Å². The molecule has 1 N–H and O–H groups in total. The van der Waals surface area contributed by atoms with Gasteiger partial charge in [-0.25, -0.2) is 0 Å². The molecule has 1 saturated carbocycles.